The zero-order valence-corrected chi connectivity index (χ0v) is 14.6. The molecule has 0 atom stereocenters. The minimum atomic E-state index is -1.17. The number of hydrogen-bond acceptors (Lipinski definition) is 5. The monoisotopic (exact) mass is 313 g/mol. The van der Waals surface area contributed by atoms with Crippen LogP contribution in [0.25, 0.3) is 0 Å². The number of ether oxygens (including phenoxy) is 1. The normalized spacial score (nSPS) is 16.6. The summed E-state index contributed by atoms with van der Waals surface area (Å²) in [6.45, 7) is 12.7. The summed E-state index contributed by atoms with van der Waals surface area (Å²) in [5, 5.41) is 20.3. The molecule has 1 amide bonds. The van der Waals surface area contributed by atoms with Gasteiger partial charge in [0.25, 0.3) is 0 Å². The second kappa shape index (κ2) is 6.22. The van der Waals surface area contributed by atoms with Crippen molar-refractivity contribution in [3.63, 3.8) is 0 Å². The molecular weight excluding hydrogens is 285 g/mol. The van der Waals surface area contributed by atoms with Crippen LogP contribution in [-0.4, -0.2) is 58.1 Å². The molecular formula is C15H28BNO5. The lowest BCUT2D eigenvalue weighted by Gasteiger charge is -2.38. The van der Waals surface area contributed by atoms with Crippen molar-refractivity contribution >= 4 is 13.2 Å². The molecule has 1 rings (SSSR count). The number of carbonyl (C=O) groups excluding carboxylic acids is 1. The van der Waals surface area contributed by atoms with Crippen molar-refractivity contribution < 1.29 is 24.3 Å². The van der Waals surface area contributed by atoms with Crippen molar-refractivity contribution in [2.45, 2.75) is 65.3 Å². The molecule has 0 unspecified atom stereocenters. The fourth-order valence-corrected chi connectivity index (χ4v) is 1.72. The Morgan fingerprint density at radius 1 is 1.23 bits per heavy atom. The zero-order valence-electron chi connectivity index (χ0n) is 14.6. The predicted octanol–water partition coefficient (Wildman–Crippen LogP) is 1.75. The summed E-state index contributed by atoms with van der Waals surface area (Å²) >= 11 is 0. The first-order valence-electron chi connectivity index (χ1n) is 7.48. The lowest BCUT2D eigenvalue weighted by molar-refractivity contribution is -0.0989. The van der Waals surface area contributed by atoms with E-state index in [1.807, 2.05) is 0 Å². The molecule has 0 spiro atoms. The summed E-state index contributed by atoms with van der Waals surface area (Å²) in [5.74, 6) is 0. The molecule has 0 aromatic rings. The van der Waals surface area contributed by atoms with Crippen LogP contribution in [0.3, 0.4) is 0 Å². The van der Waals surface area contributed by atoms with Gasteiger partial charge in [-0.25, -0.2) is 4.79 Å². The molecule has 1 heterocycles. The van der Waals surface area contributed by atoms with E-state index in [2.05, 4.69) is 0 Å². The van der Waals surface area contributed by atoms with E-state index in [1.54, 1.807) is 54.5 Å². The van der Waals surface area contributed by atoms with Gasteiger partial charge in [-0.3, -0.25) is 0 Å². The van der Waals surface area contributed by atoms with E-state index in [1.165, 1.54) is 4.90 Å². The van der Waals surface area contributed by atoms with Gasteiger partial charge in [-0.1, -0.05) is 6.08 Å². The van der Waals surface area contributed by atoms with Gasteiger partial charge in [-0.05, 0) is 53.9 Å². The van der Waals surface area contributed by atoms with E-state index >= 15 is 0 Å². The quantitative estimate of drug-likeness (QED) is 0.773. The largest absolute Gasteiger partial charge is 0.488 e. The lowest BCUT2D eigenvalue weighted by atomic mass is 9.76. The van der Waals surface area contributed by atoms with Crippen LogP contribution in [0.4, 0.5) is 4.79 Å². The maximum Gasteiger partial charge on any atom is 0.488 e. The average Bonchev–Trinajstić information content (AvgIpc) is 2.73. The molecule has 0 aromatic carbocycles. The Hall–Kier alpha value is -1.05. The van der Waals surface area contributed by atoms with Gasteiger partial charge in [0.05, 0.1) is 11.2 Å². The molecule has 126 valence electrons. The molecule has 1 aliphatic heterocycles. The van der Waals surface area contributed by atoms with Crippen LogP contribution in [0.15, 0.2) is 11.5 Å². The van der Waals surface area contributed by atoms with Crippen LogP contribution in [-0.2, 0) is 9.39 Å². The third-order valence-electron chi connectivity index (χ3n) is 3.80. The molecule has 0 bridgehead atoms. The maximum atomic E-state index is 12.0. The van der Waals surface area contributed by atoms with Crippen LogP contribution in [0.1, 0.15) is 48.5 Å². The molecule has 0 saturated heterocycles. The Labute approximate surface area is 133 Å². The van der Waals surface area contributed by atoms with E-state index in [0.717, 1.165) is 0 Å². The molecule has 2 N–H and O–H groups in total. The molecule has 7 heteroatoms. The Kier molecular flexibility index (Phi) is 5.37. The third kappa shape index (κ3) is 5.00. The maximum absolute atomic E-state index is 12.0. The number of amides is 1. The van der Waals surface area contributed by atoms with Crippen LogP contribution >= 0.6 is 0 Å². The van der Waals surface area contributed by atoms with Crippen molar-refractivity contribution in [2.24, 2.45) is 0 Å². The van der Waals surface area contributed by atoms with E-state index in [0.29, 0.717) is 12.0 Å². The van der Waals surface area contributed by atoms with Gasteiger partial charge in [0.15, 0.2) is 0 Å². The second-order valence-corrected chi connectivity index (χ2v) is 7.68. The van der Waals surface area contributed by atoms with Crippen LogP contribution in [0.5, 0.6) is 0 Å². The molecule has 22 heavy (non-hydrogen) atoms. The Bertz CT molecular complexity index is 448. The van der Waals surface area contributed by atoms with Crippen LogP contribution in [0, 0.1) is 0 Å². The molecule has 1 aliphatic rings. The van der Waals surface area contributed by atoms with Gasteiger partial charge in [-0.2, -0.15) is 0 Å². The van der Waals surface area contributed by atoms with E-state index < -0.39 is 30.0 Å². The Morgan fingerprint density at radius 3 is 2.23 bits per heavy atom. The number of hydrogen-bond donors (Lipinski definition) is 2. The number of rotatable bonds is 4. The Balaban J connectivity index is 2.61. The van der Waals surface area contributed by atoms with Gasteiger partial charge >= 0.3 is 13.2 Å². The highest BCUT2D eigenvalue weighted by atomic mass is 16.6. The number of aliphatic hydroxyl groups is 1. The molecule has 0 fully saturated rings. The van der Waals surface area contributed by atoms with Gasteiger partial charge in [0.1, 0.15) is 5.60 Å². The zero-order chi connectivity index (χ0) is 17.3. The third-order valence-corrected chi connectivity index (χ3v) is 3.80. The summed E-state index contributed by atoms with van der Waals surface area (Å²) < 4.78 is 10.9. The summed E-state index contributed by atoms with van der Waals surface area (Å²) in [6.07, 6.45) is 1.32. The van der Waals surface area contributed by atoms with Gasteiger partial charge in [0, 0.05) is 13.1 Å². The molecule has 0 radical (unpaired) electrons. The van der Waals surface area contributed by atoms with Crippen molar-refractivity contribution in [3.05, 3.63) is 11.5 Å². The summed E-state index contributed by atoms with van der Waals surface area (Å²) in [5.41, 5.74) is -2.02. The summed E-state index contributed by atoms with van der Waals surface area (Å²) in [4.78, 5) is 13.5. The standard InChI is InChI=1S/C15H28BNO5/c1-13(2,3)21-12(18)17-9-8-11(10-17)16(20)22-15(6,7)14(4,5)19/h8,19-20H,9-10H2,1-7H3. The molecule has 0 saturated carbocycles. The van der Waals surface area contributed by atoms with Crippen LogP contribution in [0.2, 0.25) is 0 Å². The Morgan fingerprint density at radius 2 is 1.77 bits per heavy atom. The van der Waals surface area contributed by atoms with Crippen LogP contribution < -0.4 is 0 Å². The summed E-state index contributed by atoms with van der Waals surface area (Å²) in [7, 11) is -1.17. The van der Waals surface area contributed by atoms with Crippen molar-refractivity contribution in [3.8, 4) is 0 Å². The van der Waals surface area contributed by atoms with Crippen molar-refractivity contribution in [1.82, 2.24) is 4.90 Å². The highest BCUT2D eigenvalue weighted by Gasteiger charge is 2.41. The van der Waals surface area contributed by atoms with E-state index in [4.69, 9.17) is 9.39 Å². The number of nitrogens with zero attached hydrogens (tertiary/aromatic N) is 1. The fourth-order valence-electron chi connectivity index (χ4n) is 1.72. The second-order valence-electron chi connectivity index (χ2n) is 7.68. The smallest absolute Gasteiger partial charge is 0.444 e. The minimum absolute atomic E-state index is 0.248. The van der Waals surface area contributed by atoms with E-state index in [9.17, 15) is 14.9 Å². The van der Waals surface area contributed by atoms with Gasteiger partial charge in [-0.15, -0.1) is 0 Å². The molecule has 0 aliphatic carbocycles. The molecule has 6 nitrogen and oxygen atoms in total. The fraction of sp³-hybridized carbons (Fsp3) is 0.800. The first-order valence-corrected chi connectivity index (χ1v) is 7.48. The minimum Gasteiger partial charge on any atom is -0.444 e. The topological polar surface area (TPSA) is 79.2 Å². The van der Waals surface area contributed by atoms with Crippen molar-refractivity contribution in [2.75, 3.05) is 13.1 Å². The highest BCUT2D eigenvalue weighted by molar-refractivity contribution is 6.52. The molecule has 0 aromatic heterocycles. The van der Waals surface area contributed by atoms with Gasteiger partial charge in [0.2, 0.25) is 0 Å². The average molecular weight is 313 g/mol. The first-order chi connectivity index (χ1) is 9.73. The predicted molar refractivity (Wildman–Crippen MR) is 85.3 cm³/mol. The van der Waals surface area contributed by atoms with Crippen molar-refractivity contribution in [1.29, 1.82) is 0 Å². The first kappa shape index (κ1) is 19.0. The van der Waals surface area contributed by atoms with Gasteiger partial charge < -0.3 is 24.4 Å². The highest BCUT2D eigenvalue weighted by Crippen LogP contribution is 2.27. The SMILES string of the molecule is CC(C)(C)OC(=O)N1CC=C(B(O)OC(C)(C)C(C)(C)O)C1. The number of carbonyl (C=O) groups is 1. The van der Waals surface area contributed by atoms with E-state index in [-0.39, 0.29) is 6.54 Å². The summed E-state index contributed by atoms with van der Waals surface area (Å²) in [6, 6.07) is 0. The lowest BCUT2D eigenvalue weighted by Crippen LogP contribution is -2.51.